The number of carboxylic acids is 1. The highest BCUT2D eigenvalue weighted by Crippen LogP contribution is 2.15. The van der Waals surface area contributed by atoms with Crippen molar-refractivity contribution in [3.8, 4) is 0 Å². The van der Waals surface area contributed by atoms with Crippen LogP contribution in [-0.4, -0.2) is 17.1 Å². The Labute approximate surface area is 81.3 Å². The SMILES string of the molecule is C[C@H](Nc1cccc(Cl)c1)C(=O)O. The molecule has 13 heavy (non-hydrogen) atoms. The number of hydrogen-bond acceptors (Lipinski definition) is 2. The fraction of sp³-hybridized carbons (Fsp3) is 0.222. The van der Waals surface area contributed by atoms with Crippen LogP contribution in [0.15, 0.2) is 24.3 Å². The molecule has 0 amide bonds. The van der Waals surface area contributed by atoms with E-state index >= 15 is 0 Å². The molecule has 0 aliphatic heterocycles. The molecule has 0 aliphatic carbocycles. The van der Waals surface area contributed by atoms with Crippen LogP contribution in [0, 0.1) is 0 Å². The van der Waals surface area contributed by atoms with Gasteiger partial charge in [0.25, 0.3) is 0 Å². The van der Waals surface area contributed by atoms with Crippen molar-refractivity contribution >= 4 is 23.3 Å². The van der Waals surface area contributed by atoms with Gasteiger partial charge in [-0.1, -0.05) is 17.7 Å². The lowest BCUT2D eigenvalue weighted by Gasteiger charge is -2.10. The minimum Gasteiger partial charge on any atom is -0.480 e. The van der Waals surface area contributed by atoms with Crippen molar-refractivity contribution in [2.24, 2.45) is 0 Å². The Hall–Kier alpha value is -1.22. The maximum Gasteiger partial charge on any atom is 0.325 e. The molecule has 4 heteroatoms. The summed E-state index contributed by atoms with van der Waals surface area (Å²) < 4.78 is 0. The normalized spacial score (nSPS) is 12.2. The van der Waals surface area contributed by atoms with Gasteiger partial charge in [0, 0.05) is 10.7 Å². The van der Waals surface area contributed by atoms with Gasteiger partial charge in [0.2, 0.25) is 0 Å². The molecule has 0 bridgehead atoms. The van der Waals surface area contributed by atoms with Gasteiger partial charge in [0.1, 0.15) is 6.04 Å². The quantitative estimate of drug-likeness (QED) is 0.785. The van der Waals surface area contributed by atoms with E-state index in [2.05, 4.69) is 5.32 Å². The lowest BCUT2D eigenvalue weighted by molar-refractivity contribution is -0.137. The molecule has 0 aliphatic rings. The second kappa shape index (κ2) is 4.14. The molecule has 0 radical (unpaired) electrons. The van der Waals surface area contributed by atoms with Crippen molar-refractivity contribution in [1.82, 2.24) is 0 Å². The third-order valence-electron chi connectivity index (χ3n) is 1.58. The number of hydrogen-bond donors (Lipinski definition) is 2. The monoisotopic (exact) mass is 199 g/mol. The Morgan fingerprint density at radius 2 is 2.31 bits per heavy atom. The Kier molecular flexibility index (Phi) is 3.14. The highest BCUT2D eigenvalue weighted by molar-refractivity contribution is 6.30. The van der Waals surface area contributed by atoms with Crippen molar-refractivity contribution in [1.29, 1.82) is 0 Å². The lowest BCUT2D eigenvalue weighted by atomic mass is 10.2. The zero-order valence-electron chi connectivity index (χ0n) is 7.12. The van der Waals surface area contributed by atoms with E-state index in [0.717, 1.165) is 0 Å². The van der Waals surface area contributed by atoms with E-state index < -0.39 is 12.0 Å². The summed E-state index contributed by atoms with van der Waals surface area (Å²) in [6.45, 7) is 1.57. The van der Waals surface area contributed by atoms with E-state index in [1.54, 1.807) is 31.2 Å². The summed E-state index contributed by atoms with van der Waals surface area (Å²) in [5.41, 5.74) is 0.711. The predicted molar refractivity (Wildman–Crippen MR) is 52.2 cm³/mol. The molecular weight excluding hydrogens is 190 g/mol. The minimum atomic E-state index is -0.889. The number of nitrogens with one attached hydrogen (secondary N) is 1. The summed E-state index contributed by atoms with van der Waals surface area (Å²) in [6.07, 6.45) is 0. The van der Waals surface area contributed by atoms with Gasteiger partial charge in [-0.05, 0) is 25.1 Å². The van der Waals surface area contributed by atoms with Crippen LogP contribution in [-0.2, 0) is 4.79 Å². The number of benzene rings is 1. The Morgan fingerprint density at radius 1 is 1.62 bits per heavy atom. The Bertz CT molecular complexity index is 314. The van der Waals surface area contributed by atoms with E-state index in [0.29, 0.717) is 10.7 Å². The zero-order valence-corrected chi connectivity index (χ0v) is 7.88. The Morgan fingerprint density at radius 3 is 2.85 bits per heavy atom. The van der Waals surface area contributed by atoms with E-state index in [4.69, 9.17) is 16.7 Å². The highest BCUT2D eigenvalue weighted by Gasteiger charge is 2.09. The van der Waals surface area contributed by atoms with E-state index in [9.17, 15) is 4.79 Å². The average molecular weight is 200 g/mol. The third kappa shape index (κ3) is 2.95. The van der Waals surface area contributed by atoms with Crippen molar-refractivity contribution in [2.45, 2.75) is 13.0 Å². The summed E-state index contributed by atoms with van der Waals surface area (Å²) in [6, 6.07) is 6.34. The van der Waals surface area contributed by atoms with Crippen molar-refractivity contribution in [3.05, 3.63) is 29.3 Å². The molecule has 2 N–H and O–H groups in total. The topological polar surface area (TPSA) is 49.3 Å². The maximum atomic E-state index is 10.5. The Balaban J connectivity index is 2.69. The summed E-state index contributed by atoms with van der Waals surface area (Å²) in [7, 11) is 0. The molecule has 3 nitrogen and oxygen atoms in total. The number of anilines is 1. The molecule has 0 heterocycles. The highest BCUT2D eigenvalue weighted by atomic mass is 35.5. The van der Waals surface area contributed by atoms with Gasteiger partial charge >= 0.3 is 5.97 Å². The van der Waals surface area contributed by atoms with Gasteiger partial charge in [-0.25, -0.2) is 0 Å². The molecule has 0 fully saturated rings. The molecule has 1 aromatic rings. The zero-order chi connectivity index (χ0) is 9.84. The summed E-state index contributed by atoms with van der Waals surface area (Å²) >= 11 is 5.72. The second-order valence-corrected chi connectivity index (χ2v) is 3.15. The number of halogens is 1. The molecule has 1 atom stereocenters. The first-order valence-corrected chi connectivity index (χ1v) is 4.22. The van der Waals surface area contributed by atoms with Crippen LogP contribution in [0.2, 0.25) is 5.02 Å². The molecule has 0 saturated carbocycles. The van der Waals surface area contributed by atoms with Crippen LogP contribution in [0.4, 0.5) is 5.69 Å². The first kappa shape index (κ1) is 9.86. The van der Waals surface area contributed by atoms with Crippen molar-refractivity contribution in [2.75, 3.05) is 5.32 Å². The van der Waals surface area contributed by atoms with Crippen LogP contribution >= 0.6 is 11.6 Å². The van der Waals surface area contributed by atoms with Crippen LogP contribution in [0.25, 0.3) is 0 Å². The fourth-order valence-corrected chi connectivity index (χ4v) is 1.08. The van der Waals surface area contributed by atoms with Gasteiger partial charge in [-0.15, -0.1) is 0 Å². The van der Waals surface area contributed by atoms with Crippen molar-refractivity contribution in [3.63, 3.8) is 0 Å². The molecule has 1 rings (SSSR count). The number of aliphatic carboxylic acids is 1. The maximum absolute atomic E-state index is 10.5. The van der Waals surface area contributed by atoms with Crippen LogP contribution in [0.5, 0.6) is 0 Å². The largest absolute Gasteiger partial charge is 0.480 e. The number of rotatable bonds is 3. The smallest absolute Gasteiger partial charge is 0.325 e. The summed E-state index contributed by atoms with van der Waals surface area (Å²) in [4.78, 5) is 10.5. The first-order valence-electron chi connectivity index (χ1n) is 3.84. The summed E-state index contributed by atoms with van der Waals surface area (Å²) in [5.74, 6) is -0.889. The summed E-state index contributed by atoms with van der Waals surface area (Å²) in [5, 5.41) is 12.0. The van der Waals surface area contributed by atoms with E-state index in [1.807, 2.05) is 0 Å². The number of carbonyl (C=O) groups is 1. The third-order valence-corrected chi connectivity index (χ3v) is 1.81. The second-order valence-electron chi connectivity index (χ2n) is 2.71. The number of carboxylic acid groups (broad SMARTS) is 1. The first-order chi connectivity index (χ1) is 6.09. The molecule has 70 valence electrons. The van der Waals surface area contributed by atoms with Gasteiger partial charge < -0.3 is 10.4 Å². The van der Waals surface area contributed by atoms with Gasteiger partial charge in [0.15, 0.2) is 0 Å². The molecule has 0 unspecified atom stereocenters. The van der Waals surface area contributed by atoms with Gasteiger partial charge in [-0.2, -0.15) is 0 Å². The molecular formula is C9H10ClNO2. The molecule has 0 saturated heterocycles. The molecule has 0 spiro atoms. The molecule has 1 aromatic carbocycles. The van der Waals surface area contributed by atoms with Crippen LogP contribution < -0.4 is 5.32 Å². The molecule has 0 aromatic heterocycles. The fourth-order valence-electron chi connectivity index (χ4n) is 0.890. The minimum absolute atomic E-state index is 0.586. The van der Waals surface area contributed by atoms with E-state index in [1.165, 1.54) is 0 Å². The predicted octanol–water partition coefficient (Wildman–Crippen LogP) is 2.22. The van der Waals surface area contributed by atoms with Crippen LogP contribution in [0.1, 0.15) is 6.92 Å². The van der Waals surface area contributed by atoms with Crippen LogP contribution in [0.3, 0.4) is 0 Å². The lowest BCUT2D eigenvalue weighted by Crippen LogP contribution is -2.25. The van der Waals surface area contributed by atoms with Gasteiger partial charge in [0.05, 0.1) is 0 Å². The average Bonchev–Trinajstić information content (AvgIpc) is 2.04. The van der Waals surface area contributed by atoms with Gasteiger partial charge in [-0.3, -0.25) is 4.79 Å². The van der Waals surface area contributed by atoms with Crippen molar-refractivity contribution < 1.29 is 9.90 Å². The van der Waals surface area contributed by atoms with E-state index in [-0.39, 0.29) is 0 Å². The standard InChI is InChI=1S/C9H10ClNO2/c1-6(9(12)13)11-8-4-2-3-7(10)5-8/h2-6,11H,1H3,(H,12,13)/t6-/m0/s1.